The van der Waals surface area contributed by atoms with Gasteiger partial charge in [-0.15, -0.1) is 0 Å². The van der Waals surface area contributed by atoms with E-state index in [1.165, 1.54) is 0 Å². The monoisotopic (exact) mass is 218 g/mol. The van der Waals surface area contributed by atoms with Crippen LogP contribution in [0.3, 0.4) is 0 Å². The second kappa shape index (κ2) is 4.00. The van der Waals surface area contributed by atoms with Crippen molar-refractivity contribution >= 4 is 11.0 Å². The molecule has 1 heterocycles. The van der Waals surface area contributed by atoms with Crippen molar-refractivity contribution in [1.82, 2.24) is 0 Å². The van der Waals surface area contributed by atoms with Crippen LogP contribution in [0, 0.1) is 0 Å². The van der Waals surface area contributed by atoms with Gasteiger partial charge in [-0.2, -0.15) is 0 Å². The van der Waals surface area contributed by atoms with Gasteiger partial charge in [0.05, 0.1) is 18.8 Å². The lowest BCUT2D eigenvalue weighted by Gasteiger charge is -2.06. The number of methoxy groups -OCH3 is 1. The molecule has 0 radical (unpaired) electrons. The van der Waals surface area contributed by atoms with Gasteiger partial charge in [-0.1, -0.05) is 13.8 Å². The molecule has 3 nitrogen and oxygen atoms in total. The molecule has 0 aliphatic rings. The first-order valence-corrected chi connectivity index (χ1v) is 5.23. The minimum Gasteiger partial charge on any atom is -0.497 e. The predicted octanol–water partition coefficient (Wildman–Crippen LogP) is 2.93. The van der Waals surface area contributed by atoms with Crippen LogP contribution in [0.5, 0.6) is 5.75 Å². The van der Waals surface area contributed by atoms with Gasteiger partial charge in [0, 0.05) is 5.56 Å². The van der Waals surface area contributed by atoms with Gasteiger partial charge in [0.15, 0.2) is 5.43 Å². The fourth-order valence-corrected chi connectivity index (χ4v) is 1.65. The summed E-state index contributed by atoms with van der Waals surface area (Å²) in [5.74, 6) is 0.826. The molecule has 0 fully saturated rings. The van der Waals surface area contributed by atoms with E-state index in [4.69, 9.17) is 9.15 Å². The topological polar surface area (TPSA) is 39.4 Å². The second-order valence-corrected chi connectivity index (χ2v) is 4.04. The van der Waals surface area contributed by atoms with Crippen molar-refractivity contribution in [3.8, 4) is 5.75 Å². The number of fused-ring (bicyclic) bond motifs is 1. The summed E-state index contributed by atoms with van der Waals surface area (Å²) in [6.07, 6.45) is 1.54. The average molecular weight is 218 g/mol. The lowest BCUT2D eigenvalue weighted by molar-refractivity contribution is 0.415. The molecule has 2 rings (SSSR count). The van der Waals surface area contributed by atoms with E-state index in [0.29, 0.717) is 22.3 Å². The molecule has 0 saturated carbocycles. The van der Waals surface area contributed by atoms with Crippen LogP contribution in [-0.2, 0) is 0 Å². The van der Waals surface area contributed by atoms with E-state index in [1.807, 2.05) is 13.8 Å². The highest BCUT2D eigenvalue weighted by atomic mass is 16.5. The van der Waals surface area contributed by atoms with Crippen molar-refractivity contribution in [2.45, 2.75) is 19.8 Å². The third kappa shape index (κ3) is 1.69. The van der Waals surface area contributed by atoms with Crippen LogP contribution in [0.2, 0.25) is 0 Å². The number of hydrogen-bond donors (Lipinski definition) is 0. The first-order chi connectivity index (χ1) is 7.63. The minimum absolute atomic E-state index is 0.0233. The van der Waals surface area contributed by atoms with Crippen molar-refractivity contribution in [2.24, 2.45) is 0 Å². The zero-order valence-corrected chi connectivity index (χ0v) is 9.61. The van der Waals surface area contributed by atoms with Crippen molar-refractivity contribution in [1.29, 1.82) is 0 Å². The lowest BCUT2D eigenvalue weighted by atomic mass is 10.0. The molecule has 0 N–H and O–H groups in total. The van der Waals surface area contributed by atoms with E-state index in [1.54, 1.807) is 31.6 Å². The summed E-state index contributed by atoms with van der Waals surface area (Å²) in [4.78, 5) is 12.1. The van der Waals surface area contributed by atoms with E-state index < -0.39 is 0 Å². The molecule has 84 valence electrons. The maximum absolute atomic E-state index is 12.1. The van der Waals surface area contributed by atoms with Crippen LogP contribution >= 0.6 is 0 Å². The van der Waals surface area contributed by atoms with E-state index in [0.717, 1.165) is 0 Å². The van der Waals surface area contributed by atoms with Crippen molar-refractivity contribution in [2.75, 3.05) is 7.11 Å². The fourth-order valence-electron chi connectivity index (χ4n) is 1.65. The Labute approximate surface area is 93.7 Å². The Bertz CT molecular complexity index is 567. The predicted molar refractivity (Wildman–Crippen MR) is 63.1 cm³/mol. The van der Waals surface area contributed by atoms with Gasteiger partial charge in [-0.25, -0.2) is 0 Å². The summed E-state index contributed by atoms with van der Waals surface area (Å²) in [7, 11) is 1.58. The maximum atomic E-state index is 12.1. The van der Waals surface area contributed by atoms with E-state index in [9.17, 15) is 4.79 Å². The van der Waals surface area contributed by atoms with Crippen molar-refractivity contribution in [3.05, 3.63) is 40.2 Å². The Kier molecular flexibility index (Phi) is 2.69. The van der Waals surface area contributed by atoms with Gasteiger partial charge < -0.3 is 9.15 Å². The van der Waals surface area contributed by atoms with Crippen molar-refractivity contribution in [3.63, 3.8) is 0 Å². The number of hydrogen-bond acceptors (Lipinski definition) is 3. The van der Waals surface area contributed by atoms with E-state index >= 15 is 0 Å². The second-order valence-electron chi connectivity index (χ2n) is 4.04. The van der Waals surface area contributed by atoms with Gasteiger partial charge in [0.2, 0.25) is 0 Å². The first-order valence-electron chi connectivity index (χ1n) is 5.23. The summed E-state index contributed by atoms with van der Waals surface area (Å²) in [5, 5.41) is 0.575. The van der Waals surface area contributed by atoms with Gasteiger partial charge in [0.25, 0.3) is 0 Å². The van der Waals surface area contributed by atoms with Crippen molar-refractivity contribution < 1.29 is 9.15 Å². The third-order valence-electron chi connectivity index (χ3n) is 2.63. The molecule has 3 heteroatoms. The highest BCUT2D eigenvalue weighted by Gasteiger charge is 2.10. The zero-order chi connectivity index (χ0) is 11.7. The van der Waals surface area contributed by atoms with Gasteiger partial charge in [-0.05, 0) is 24.1 Å². The SMILES string of the molecule is COc1ccc2occ(C(C)C)c(=O)c2c1. The average Bonchev–Trinajstić information content (AvgIpc) is 2.28. The summed E-state index contributed by atoms with van der Waals surface area (Å²) in [6.45, 7) is 3.94. The molecule has 0 spiro atoms. The maximum Gasteiger partial charge on any atom is 0.196 e. The molecule has 0 amide bonds. The van der Waals surface area contributed by atoms with Gasteiger partial charge in [0.1, 0.15) is 11.3 Å². The lowest BCUT2D eigenvalue weighted by Crippen LogP contribution is -2.09. The summed E-state index contributed by atoms with van der Waals surface area (Å²) < 4.78 is 10.5. The summed E-state index contributed by atoms with van der Waals surface area (Å²) >= 11 is 0. The summed E-state index contributed by atoms with van der Waals surface area (Å²) in [5.41, 5.74) is 1.31. The highest BCUT2D eigenvalue weighted by molar-refractivity contribution is 5.78. The molecule has 0 unspecified atom stereocenters. The van der Waals surface area contributed by atoms with Crippen LogP contribution in [0.4, 0.5) is 0 Å². The normalized spacial score (nSPS) is 11.0. The van der Waals surface area contributed by atoms with Crippen LogP contribution in [0.1, 0.15) is 25.3 Å². The molecule has 0 aliphatic heterocycles. The standard InChI is InChI=1S/C13H14O3/c1-8(2)11-7-16-12-5-4-9(15-3)6-10(12)13(11)14/h4-8H,1-3H3. The highest BCUT2D eigenvalue weighted by Crippen LogP contribution is 2.20. The molecule has 0 atom stereocenters. The van der Waals surface area contributed by atoms with Crippen LogP contribution in [0.15, 0.2) is 33.7 Å². The zero-order valence-electron chi connectivity index (χ0n) is 9.61. The fraction of sp³-hybridized carbons (Fsp3) is 0.308. The first kappa shape index (κ1) is 10.7. The Hall–Kier alpha value is -1.77. The van der Waals surface area contributed by atoms with Crippen LogP contribution in [0.25, 0.3) is 11.0 Å². The van der Waals surface area contributed by atoms with Gasteiger partial charge >= 0.3 is 0 Å². The molecule has 2 aromatic rings. The summed E-state index contributed by atoms with van der Waals surface area (Å²) in [6, 6.07) is 5.24. The molecule has 0 aliphatic carbocycles. The number of rotatable bonds is 2. The van der Waals surface area contributed by atoms with E-state index in [-0.39, 0.29) is 11.3 Å². The Balaban J connectivity index is 2.76. The van der Waals surface area contributed by atoms with E-state index in [2.05, 4.69) is 0 Å². The number of ether oxygens (including phenoxy) is 1. The number of benzene rings is 1. The molecular weight excluding hydrogens is 204 g/mol. The van der Waals surface area contributed by atoms with Crippen LogP contribution < -0.4 is 10.2 Å². The van der Waals surface area contributed by atoms with Gasteiger partial charge in [-0.3, -0.25) is 4.79 Å². The van der Waals surface area contributed by atoms with Crippen LogP contribution in [-0.4, -0.2) is 7.11 Å². The molecule has 0 saturated heterocycles. The Morgan fingerprint density at radius 3 is 2.69 bits per heavy atom. The molecule has 1 aromatic heterocycles. The molecule has 1 aromatic carbocycles. The smallest absolute Gasteiger partial charge is 0.196 e. The minimum atomic E-state index is 0.0233. The Morgan fingerprint density at radius 1 is 1.31 bits per heavy atom. The molecular formula is C13H14O3. The molecule has 0 bridgehead atoms. The quantitative estimate of drug-likeness (QED) is 0.778. The largest absolute Gasteiger partial charge is 0.497 e. The Morgan fingerprint density at radius 2 is 2.06 bits per heavy atom. The third-order valence-corrected chi connectivity index (χ3v) is 2.63. The molecule has 16 heavy (non-hydrogen) atoms.